The largest absolute Gasteiger partial charge is 0.322 e. The highest BCUT2D eigenvalue weighted by Crippen LogP contribution is 2.12. The number of carbonyl (C=O) groups is 2. The van der Waals surface area contributed by atoms with Crippen molar-refractivity contribution in [1.82, 2.24) is 10.3 Å². The van der Waals surface area contributed by atoms with Crippen LogP contribution in [0.25, 0.3) is 0 Å². The number of carbonyl (C=O) groups excluding carboxylic acids is 2. The predicted molar refractivity (Wildman–Crippen MR) is 105 cm³/mol. The minimum absolute atomic E-state index is 0.0364. The fraction of sp³-hybridized carbons (Fsp3) is 0. The summed E-state index contributed by atoms with van der Waals surface area (Å²) in [6.07, 6.45) is 0. The summed E-state index contributed by atoms with van der Waals surface area (Å²) in [6, 6.07) is 22.5. The average molecular weight is 395 g/mol. The number of sulfonamides is 1. The third kappa shape index (κ3) is 4.81. The van der Waals surface area contributed by atoms with Gasteiger partial charge < -0.3 is 5.32 Å². The summed E-state index contributed by atoms with van der Waals surface area (Å²) in [6.45, 7) is 0. The van der Waals surface area contributed by atoms with Crippen LogP contribution in [0.2, 0.25) is 0 Å². The number of hydrogen-bond donors (Lipinski definition) is 3. The van der Waals surface area contributed by atoms with Gasteiger partial charge >= 0.3 is 0 Å². The minimum atomic E-state index is -3.86. The van der Waals surface area contributed by atoms with Crippen LogP contribution in [0.1, 0.15) is 20.7 Å². The molecule has 0 aliphatic rings. The molecule has 0 aliphatic carbocycles. The zero-order valence-corrected chi connectivity index (χ0v) is 15.4. The molecule has 2 amide bonds. The second-order valence-electron chi connectivity index (χ2n) is 5.77. The van der Waals surface area contributed by atoms with E-state index in [1.54, 1.807) is 54.6 Å². The van der Waals surface area contributed by atoms with Crippen molar-refractivity contribution in [3.8, 4) is 0 Å². The van der Waals surface area contributed by atoms with Gasteiger partial charge in [-0.05, 0) is 48.5 Å². The number of hydrogen-bond acceptors (Lipinski definition) is 4. The quantitative estimate of drug-likeness (QED) is 0.558. The molecule has 0 aliphatic heterocycles. The Kier molecular flexibility index (Phi) is 5.83. The maximum absolute atomic E-state index is 12.2. The van der Waals surface area contributed by atoms with Gasteiger partial charge in [-0.3, -0.25) is 15.0 Å². The van der Waals surface area contributed by atoms with Crippen LogP contribution in [0, 0.1) is 0 Å². The summed E-state index contributed by atoms with van der Waals surface area (Å²) in [5.41, 5.74) is 3.41. The van der Waals surface area contributed by atoms with Crippen molar-refractivity contribution in [2.75, 3.05) is 5.32 Å². The minimum Gasteiger partial charge on any atom is -0.322 e. The van der Waals surface area contributed by atoms with Crippen molar-refractivity contribution in [2.45, 2.75) is 4.90 Å². The first kappa shape index (κ1) is 19.3. The molecule has 28 heavy (non-hydrogen) atoms. The van der Waals surface area contributed by atoms with Crippen molar-refractivity contribution < 1.29 is 18.0 Å². The third-order valence-electron chi connectivity index (χ3n) is 3.79. The van der Waals surface area contributed by atoms with E-state index < -0.39 is 15.9 Å². The van der Waals surface area contributed by atoms with Crippen molar-refractivity contribution in [1.29, 1.82) is 0 Å². The molecule has 8 heteroatoms. The lowest BCUT2D eigenvalue weighted by Gasteiger charge is -2.09. The maximum Gasteiger partial charge on any atom is 0.266 e. The normalized spacial score (nSPS) is 10.9. The summed E-state index contributed by atoms with van der Waals surface area (Å²) >= 11 is 0. The highest BCUT2D eigenvalue weighted by Gasteiger charge is 2.15. The van der Waals surface area contributed by atoms with Gasteiger partial charge in [0.05, 0.1) is 4.90 Å². The molecule has 3 rings (SSSR count). The number of rotatable bonds is 6. The van der Waals surface area contributed by atoms with E-state index in [9.17, 15) is 18.0 Å². The summed E-state index contributed by atoms with van der Waals surface area (Å²) in [7, 11) is -3.86. The van der Waals surface area contributed by atoms with E-state index in [-0.39, 0.29) is 16.4 Å². The summed E-state index contributed by atoms with van der Waals surface area (Å²) < 4.78 is 24.2. The number of amides is 2. The highest BCUT2D eigenvalue weighted by molar-refractivity contribution is 7.89. The smallest absolute Gasteiger partial charge is 0.266 e. The van der Waals surface area contributed by atoms with E-state index in [0.29, 0.717) is 11.3 Å². The zero-order chi connectivity index (χ0) is 20.0. The lowest BCUT2D eigenvalue weighted by atomic mass is 10.2. The molecule has 0 saturated heterocycles. The van der Waals surface area contributed by atoms with Gasteiger partial charge in [0, 0.05) is 16.8 Å². The van der Waals surface area contributed by atoms with Gasteiger partial charge in [0.2, 0.25) is 0 Å². The Morgan fingerprint density at radius 1 is 0.643 bits per heavy atom. The second-order valence-corrected chi connectivity index (χ2v) is 7.45. The van der Waals surface area contributed by atoms with Crippen LogP contribution in [-0.2, 0) is 10.0 Å². The van der Waals surface area contributed by atoms with Crippen LogP contribution in [0.3, 0.4) is 0 Å². The number of hydrazine groups is 1. The van der Waals surface area contributed by atoms with E-state index in [1.807, 2.05) is 10.9 Å². The van der Waals surface area contributed by atoms with E-state index in [0.717, 1.165) is 0 Å². The molecule has 0 fully saturated rings. The van der Waals surface area contributed by atoms with Crippen LogP contribution >= 0.6 is 0 Å². The lowest BCUT2D eigenvalue weighted by molar-refractivity contribution is 0.0944. The van der Waals surface area contributed by atoms with Crippen LogP contribution < -0.4 is 15.6 Å². The molecule has 0 unspecified atom stereocenters. The van der Waals surface area contributed by atoms with Crippen molar-refractivity contribution >= 4 is 27.5 Å². The lowest BCUT2D eigenvalue weighted by Crippen LogP contribution is -2.41. The number of nitrogens with one attached hydrogen (secondary N) is 3. The Labute approximate surface area is 162 Å². The summed E-state index contributed by atoms with van der Waals surface area (Å²) in [5.74, 6) is -0.895. The Morgan fingerprint density at radius 2 is 1.18 bits per heavy atom. The first-order valence-electron chi connectivity index (χ1n) is 8.29. The van der Waals surface area contributed by atoms with Crippen LogP contribution in [0.4, 0.5) is 5.69 Å². The molecular formula is C20H17N3O4S. The summed E-state index contributed by atoms with van der Waals surface area (Å²) in [4.78, 5) is 26.3. The fourth-order valence-corrected chi connectivity index (χ4v) is 3.20. The molecule has 7 nitrogen and oxygen atoms in total. The van der Waals surface area contributed by atoms with Gasteiger partial charge in [0.25, 0.3) is 21.8 Å². The molecule has 0 radical (unpaired) electrons. The van der Waals surface area contributed by atoms with Gasteiger partial charge in [-0.25, -0.2) is 8.42 Å². The Bertz CT molecular complexity index is 1070. The Balaban J connectivity index is 1.60. The SMILES string of the molecule is O=C(NNS(=O)(=O)c1ccccc1)c1ccc(NC(=O)c2ccccc2)cc1. The summed E-state index contributed by atoms with van der Waals surface area (Å²) in [5, 5.41) is 2.72. The standard InChI is InChI=1S/C20H17N3O4S/c24-19(15-7-3-1-4-8-15)21-17-13-11-16(12-14-17)20(25)22-23-28(26,27)18-9-5-2-6-10-18/h1-14,23H,(H,21,24)(H,22,25). The molecule has 3 aromatic carbocycles. The second kappa shape index (κ2) is 8.47. The van der Waals surface area contributed by atoms with E-state index in [4.69, 9.17) is 0 Å². The third-order valence-corrected chi connectivity index (χ3v) is 5.06. The molecule has 3 N–H and O–H groups in total. The molecular weight excluding hydrogens is 378 g/mol. The molecule has 3 aromatic rings. The van der Waals surface area contributed by atoms with E-state index in [1.165, 1.54) is 24.3 Å². The van der Waals surface area contributed by atoms with Crippen molar-refractivity contribution in [2.24, 2.45) is 0 Å². The van der Waals surface area contributed by atoms with E-state index >= 15 is 0 Å². The molecule has 0 saturated carbocycles. The molecule has 0 heterocycles. The maximum atomic E-state index is 12.2. The van der Waals surface area contributed by atoms with Crippen LogP contribution in [0.5, 0.6) is 0 Å². The molecule has 0 spiro atoms. The molecule has 0 atom stereocenters. The van der Waals surface area contributed by atoms with Crippen molar-refractivity contribution in [3.05, 3.63) is 96.1 Å². The molecule has 142 valence electrons. The zero-order valence-electron chi connectivity index (χ0n) is 14.6. The van der Waals surface area contributed by atoms with Crippen molar-refractivity contribution in [3.63, 3.8) is 0 Å². The highest BCUT2D eigenvalue weighted by atomic mass is 32.2. The topological polar surface area (TPSA) is 104 Å². The van der Waals surface area contributed by atoms with Gasteiger partial charge in [0.1, 0.15) is 0 Å². The predicted octanol–water partition coefficient (Wildman–Crippen LogP) is 2.56. The van der Waals surface area contributed by atoms with Gasteiger partial charge in [-0.1, -0.05) is 36.4 Å². The molecule has 0 bridgehead atoms. The molecule has 0 aromatic heterocycles. The average Bonchev–Trinajstić information content (AvgIpc) is 2.74. The first-order valence-corrected chi connectivity index (χ1v) is 9.78. The monoisotopic (exact) mass is 395 g/mol. The number of anilines is 1. The first-order chi connectivity index (χ1) is 13.5. The fourth-order valence-electron chi connectivity index (χ4n) is 2.34. The Hall–Kier alpha value is -3.49. The van der Waals surface area contributed by atoms with Gasteiger partial charge in [-0.15, -0.1) is 4.83 Å². The van der Waals surface area contributed by atoms with Crippen LogP contribution in [0.15, 0.2) is 89.8 Å². The number of benzene rings is 3. The van der Waals surface area contributed by atoms with Gasteiger partial charge in [-0.2, -0.15) is 0 Å². The van der Waals surface area contributed by atoms with Crippen LogP contribution in [-0.4, -0.2) is 20.2 Å². The van der Waals surface area contributed by atoms with E-state index in [2.05, 4.69) is 10.7 Å². The Morgan fingerprint density at radius 3 is 1.79 bits per heavy atom. The van der Waals surface area contributed by atoms with Gasteiger partial charge in [0.15, 0.2) is 0 Å².